The standard InChI is InChI=1S/C20H21Br2N3O2S.ClH/c1-23(2)10-11-24(3)13-15-14-25(20-9-6-17(22)12-19(15)20)28(26,27)18-7-4-16(21)5-8-18;/h4-12,14H,13H2,1-3H3;1H. The molecule has 0 spiro atoms. The summed E-state index contributed by atoms with van der Waals surface area (Å²) in [5, 5.41) is 0.903. The average molecular weight is 564 g/mol. The number of hydrogen-bond donors (Lipinski definition) is 0. The van der Waals surface area contributed by atoms with Crippen molar-refractivity contribution in [1.82, 2.24) is 13.8 Å². The van der Waals surface area contributed by atoms with Gasteiger partial charge in [-0.15, -0.1) is 12.4 Å². The molecule has 0 saturated heterocycles. The number of nitrogens with zero attached hydrogens (tertiary/aromatic N) is 3. The van der Waals surface area contributed by atoms with Crippen LogP contribution in [-0.4, -0.2) is 43.3 Å². The van der Waals surface area contributed by atoms with Crippen molar-refractivity contribution in [3.05, 3.63) is 75.6 Å². The average Bonchev–Trinajstić information content (AvgIpc) is 2.99. The van der Waals surface area contributed by atoms with Gasteiger partial charge < -0.3 is 9.80 Å². The first kappa shape index (κ1) is 23.8. The lowest BCUT2D eigenvalue weighted by atomic mass is 10.2. The Morgan fingerprint density at radius 2 is 1.59 bits per heavy atom. The van der Waals surface area contributed by atoms with Gasteiger partial charge in [-0.1, -0.05) is 31.9 Å². The first-order valence-electron chi connectivity index (χ1n) is 8.54. The maximum atomic E-state index is 13.3. The molecule has 0 radical (unpaired) electrons. The van der Waals surface area contributed by atoms with Crippen LogP contribution in [0.15, 0.2) is 74.9 Å². The van der Waals surface area contributed by atoms with E-state index < -0.39 is 10.0 Å². The normalized spacial score (nSPS) is 11.6. The predicted molar refractivity (Wildman–Crippen MR) is 128 cm³/mol. The molecule has 0 aliphatic carbocycles. The van der Waals surface area contributed by atoms with Crippen LogP contribution in [0.25, 0.3) is 10.9 Å². The van der Waals surface area contributed by atoms with Gasteiger partial charge in [0.25, 0.3) is 10.0 Å². The molecular formula is C20H22Br2ClN3O2S. The summed E-state index contributed by atoms with van der Waals surface area (Å²) in [6, 6.07) is 12.3. The van der Waals surface area contributed by atoms with E-state index in [-0.39, 0.29) is 17.3 Å². The second kappa shape index (κ2) is 9.55. The summed E-state index contributed by atoms with van der Waals surface area (Å²) in [6.07, 6.45) is 5.63. The Balaban J connectivity index is 0.00000300. The van der Waals surface area contributed by atoms with Crippen molar-refractivity contribution in [2.45, 2.75) is 11.4 Å². The molecule has 2 aromatic carbocycles. The fourth-order valence-electron chi connectivity index (χ4n) is 2.85. The molecule has 156 valence electrons. The van der Waals surface area contributed by atoms with Crippen LogP contribution in [0.2, 0.25) is 0 Å². The number of rotatable bonds is 6. The first-order valence-corrected chi connectivity index (χ1v) is 11.6. The summed E-state index contributed by atoms with van der Waals surface area (Å²) in [4.78, 5) is 4.23. The van der Waals surface area contributed by atoms with E-state index in [0.717, 1.165) is 19.9 Å². The molecule has 29 heavy (non-hydrogen) atoms. The van der Waals surface area contributed by atoms with E-state index >= 15 is 0 Å². The van der Waals surface area contributed by atoms with E-state index in [2.05, 4.69) is 31.9 Å². The van der Waals surface area contributed by atoms with Crippen LogP contribution < -0.4 is 0 Å². The topological polar surface area (TPSA) is 45.5 Å². The third-order valence-corrected chi connectivity index (χ3v) is 6.93. The number of benzene rings is 2. The van der Waals surface area contributed by atoms with Gasteiger partial charge in [0, 0.05) is 60.6 Å². The Hall–Kier alpha value is -1.48. The molecule has 9 heteroatoms. The number of fused-ring (bicyclic) bond motifs is 1. The van der Waals surface area contributed by atoms with Crippen molar-refractivity contribution in [1.29, 1.82) is 0 Å². The SMILES string of the molecule is CN(C)C=CN(C)Cc1cn(S(=O)(=O)c2ccc(Br)cc2)c2ccc(Br)cc12.Cl. The summed E-state index contributed by atoms with van der Waals surface area (Å²) >= 11 is 6.85. The van der Waals surface area contributed by atoms with Crippen LogP contribution in [0.4, 0.5) is 0 Å². The summed E-state index contributed by atoms with van der Waals surface area (Å²) < 4.78 is 29.6. The summed E-state index contributed by atoms with van der Waals surface area (Å²) in [7, 11) is 2.18. The molecule has 0 unspecified atom stereocenters. The van der Waals surface area contributed by atoms with Crippen LogP contribution in [0.5, 0.6) is 0 Å². The highest BCUT2D eigenvalue weighted by molar-refractivity contribution is 9.10. The largest absolute Gasteiger partial charge is 0.382 e. The molecule has 0 saturated carbocycles. The second-order valence-corrected chi connectivity index (χ2v) is 10.4. The lowest BCUT2D eigenvalue weighted by molar-refractivity contribution is 0.436. The molecule has 0 aliphatic rings. The molecule has 3 aromatic rings. The highest BCUT2D eigenvalue weighted by Crippen LogP contribution is 2.29. The first-order chi connectivity index (χ1) is 13.2. The zero-order valence-corrected chi connectivity index (χ0v) is 21.0. The van der Waals surface area contributed by atoms with E-state index in [1.165, 1.54) is 3.97 Å². The Kier molecular flexibility index (Phi) is 7.84. The van der Waals surface area contributed by atoms with Crippen molar-refractivity contribution in [2.75, 3.05) is 21.1 Å². The quantitative estimate of drug-likeness (QED) is 0.409. The molecule has 0 amide bonds. The van der Waals surface area contributed by atoms with E-state index in [0.29, 0.717) is 12.1 Å². The minimum atomic E-state index is -3.70. The predicted octanol–water partition coefficient (Wildman–Crippen LogP) is 5.29. The highest BCUT2D eigenvalue weighted by Gasteiger charge is 2.21. The lowest BCUT2D eigenvalue weighted by Crippen LogP contribution is -2.13. The Bertz CT molecular complexity index is 1130. The van der Waals surface area contributed by atoms with Crippen LogP contribution in [0.1, 0.15) is 5.56 Å². The third-order valence-electron chi connectivity index (χ3n) is 4.22. The van der Waals surface area contributed by atoms with Gasteiger partial charge in [-0.3, -0.25) is 0 Å². The Labute approximate surface area is 194 Å². The summed E-state index contributed by atoms with van der Waals surface area (Å²) in [5.41, 5.74) is 1.59. The Morgan fingerprint density at radius 3 is 2.21 bits per heavy atom. The van der Waals surface area contributed by atoms with Crippen molar-refractivity contribution in [3.8, 4) is 0 Å². The van der Waals surface area contributed by atoms with E-state index in [9.17, 15) is 8.42 Å². The van der Waals surface area contributed by atoms with Crippen LogP contribution in [0.3, 0.4) is 0 Å². The maximum Gasteiger partial charge on any atom is 0.268 e. The van der Waals surface area contributed by atoms with Crippen molar-refractivity contribution in [2.24, 2.45) is 0 Å². The summed E-state index contributed by atoms with van der Waals surface area (Å²) in [6.45, 7) is 0.583. The molecule has 0 bridgehead atoms. The zero-order chi connectivity index (χ0) is 20.5. The van der Waals surface area contributed by atoms with Crippen molar-refractivity contribution in [3.63, 3.8) is 0 Å². The van der Waals surface area contributed by atoms with Crippen LogP contribution in [-0.2, 0) is 16.6 Å². The molecule has 0 fully saturated rings. The molecule has 0 aliphatic heterocycles. The fraction of sp³-hybridized carbons (Fsp3) is 0.200. The second-order valence-electron chi connectivity index (χ2n) is 6.75. The van der Waals surface area contributed by atoms with E-state index in [1.54, 1.807) is 30.5 Å². The van der Waals surface area contributed by atoms with Gasteiger partial charge in [-0.05, 0) is 48.0 Å². The lowest BCUT2D eigenvalue weighted by Gasteiger charge is -2.15. The molecular weight excluding hydrogens is 542 g/mol. The van der Waals surface area contributed by atoms with Crippen LogP contribution in [0, 0.1) is 0 Å². The summed E-state index contributed by atoms with van der Waals surface area (Å²) in [5.74, 6) is 0. The van der Waals surface area contributed by atoms with E-state index in [1.807, 2.05) is 61.5 Å². The molecule has 3 rings (SSSR count). The molecule has 0 atom stereocenters. The van der Waals surface area contributed by atoms with Gasteiger partial charge in [0.1, 0.15) is 0 Å². The third kappa shape index (κ3) is 5.36. The van der Waals surface area contributed by atoms with Gasteiger partial charge in [0.05, 0.1) is 10.4 Å². The number of halogens is 3. The Morgan fingerprint density at radius 1 is 0.966 bits per heavy atom. The molecule has 1 aromatic heterocycles. The van der Waals surface area contributed by atoms with Crippen molar-refractivity contribution < 1.29 is 8.42 Å². The van der Waals surface area contributed by atoms with Gasteiger partial charge in [-0.2, -0.15) is 0 Å². The fourth-order valence-corrected chi connectivity index (χ4v) is 4.87. The molecule has 5 nitrogen and oxygen atoms in total. The van der Waals surface area contributed by atoms with Crippen molar-refractivity contribution >= 4 is 65.2 Å². The van der Waals surface area contributed by atoms with Crippen LogP contribution >= 0.6 is 44.3 Å². The van der Waals surface area contributed by atoms with Gasteiger partial charge in [0.15, 0.2) is 0 Å². The highest BCUT2D eigenvalue weighted by atomic mass is 79.9. The monoisotopic (exact) mass is 561 g/mol. The molecule has 0 N–H and O–H groups in total. The van der Waals surface area contributed by atoms with Gasteiger partial charge in [-0.25, -0.2) is 12.4 Å². The zero-order valence-electron chi connectivity index (χ0n) is 16.2. The minimum Gasteiger partial charge on any atom is -0.382 e. The van der Waals surface area contributed by atoms with E-state index in [4.69, 9.17) is 0 Å². The maximum absolute atomic E-state index is 13.3. The van der Waals surface area contributed by atoms with Gasteiger partial charge in [0.2, 0.25) is 0 Å². The molecule has 1 heterocycles. The number of aromatic nitrogens is 1. The van der Waals surface area contributed by atoms with Gasteiger partial charge >= 0.3 is 0 Å². The number of hydrogen-bond acceptors (Lipinski definition) is 4. The smallest absolute Gasteiger partial charge is 0.268 e. The minimum absolute atomic E-state index is 0.